The maximum Gasteiger partial charge on any atom is 0.191 e. The largest absolute Gasteiger partial charge is 0.467 e. The van der Waals surface area contributed by atoms with Crippen molar-refractivity contribution in [3.63, 3.8) is 0 Å². The van der Waals surface area contributed by atoms with Gasteiger partial charge in [-0.15, -0.1) is 11.3 Å². The lowest BCUT2D eigenvalue weighted by molar-refractivity contribution is 0.512. The van der Waals surface area contributed by atoms with Gasteiger partial charge in [0.15, 0.2) is 5.96 Å². The first-order valence-corrected chi connectivity index (χ1v) is 7.76. The van der Waals surface area contributed by atoms with Crippen LogP contribution in [0.4, 0.5) is 0 Å². The smallest absolute Gasteiger partial charge is 0.191 e. The van der Waals surface area contributed by atoms with Gasteiger partial charge in [-0.05, 0) is 37.6 Å². The molecule has 20 heavy (non-hydrogen) atoms. The highest BCUT2D eigenvalue weighted by Crippen LogP contribution is 2.21. The van der Waals surface area contributed by atoms with Crippen LogP contribution in [0.2, 0.25) is 4.34 Å². The minimum absolute atomic E-state index is 0.535. The Bertz CT molecular complexity index is 536. The van der Waals surface area contributed by atoms with E-state index >= 15 is 0 Å². The van der Waals surface area contributed by atoms with Crippen LogP contribution >= 0.6 is 22.9 Å². The van der Waals surface area contributed by atoms with Crippen molar-refractivity contribution in [2.75, 3.05) is 13.1 Å². The van der Waals surface area contributed by atoms with E-state index in [4.69, 9.17) is 16.0 Å². The second-order valence-corrected chi connectivity index (χ2v) is 5.96. The number of nitrogens with one attached hydrogen (secondary N) is 2. The van der Waals surface area contributed by atoms with Gasteiger partial charge >= 0.3 is 0 Å². The van der Waals surface area contributed by atoms with Crippen molar-refractivity contribution >= 4 is 28.9 Å². The highest BCUT2D eigenvalue weighted by molar-refractivity contribution is 7.16. The molecule has 0 aliphatic carbocycles. The van der Waals surface area contributed by atoms with E-state index in [-0.39, 0.29) is 0 Å². The topological polar surface area (TPSA) is 49.6 Å². The van der Waals surface area contributed by atoms with Gasteiger partial charge in [0.25, 0.3) is 0 Å². The first-order valence-electron chi connectivity index (χ1n) is 6.56. The molecule has 0 fully saturated rings. The van der Waals surface area contributed by atoms with Gasteiger partial charge in [0.05, 0.1) is 10.6 Å². The Balaban J connectivity index is 1.80. The average Bonchev–Trinajstić information content (AvgIpc) is 3.08. The summed E-state index contributed by atoms with van der Waals surface area (Å²) >= 11 is 7.52. The van der Waals surface area contributed by atoms with Crippen LogP contribution in [0.5, 0.6) is 0 Å². The Morgan fingerprint density at radius 3 is 2.90 bits per heavy atom. The van der Waals surface area contributed by atoms with Gasteiger partial charge in [0.2, 0.25) is 0 Å². The number of thiophene rings is 1. The van der Waals surface area contributed by atoms with Crippen molar-refractivity contribution < 1.29 is 4.42 Å². The minimum Gasteiger partial charge on any atom is -0.467 e. The zero-order valence-electron chi connectivity index (χ0n) is 11.4. The molecule has 0 bridgehead atoms. The second kappa shape index (κ2) is 7.97. The third kappa shape index (κ3) is 4.90. The molecule has 0 aromatic carbocycles. The third-order valence-corrected chi connectivity index (χ3v) is 3.90. The third-order valence-electron chi connectivity index (χ3n) is 2.61. The standard InChI is InChI=1S/C14H18ClN3OS/c1-2-16-14(18-10-11-4-3-9-19-11)17-8-7-12-5-6-13(15)20-12/h3-6,9H,2,7-8,10H2,1H3,(H2,16,17,18). The van der Waals surface area contributed by atoms with E-state index in [0.717, 1.165) is 35.6 Å². The van der Waals surface area contributed by atoms with Crippen molar-refractivity contribution in [3.05, 3.63) is 45.5 Å². The van der Waals surface area contributed by atoms with Crippen LogP contribution in [0.15, 0.2) is 39.9 Å². The normalized spacial score (nSPS) is 11.6. The van der Waals surface area contributed by atoms with Gasteiger partial charge in [-0.25, -0.2) is 4.99 Å². The molecule has 0 saturated carbocycles. The lowest BCUT2D eigenvalue weighted by Gasteiger charge is -2.10. The average molecular weight is 312 g/mol. The van der Waals surface area contributed by atoms with Crippen molar-refractivity contribution in [1.82, 2.24) is 10.6 Å². The van der Waals surface area contributed by atoms with Crippen molar-refractivity contribution in [1.29, 1.82) is 0 Å². The monoisotopic (exact) mass is 311 g/mol. The van der Waals surface area contributed by atoms with Gasteiger partial charge in [0.1, 0.15) is 12.3 Å². The number of halogens is 1. The maximum absolute atomic E-state index is 5.91. The Hall–Kier alpha value is -1.46. The molecule has 0 spiro atoms. The van der Waals surface area contributed by atoms with Crippen molar-refractivity contribution in [3.8, 4) is 0 Å². The van der Waals surface area contributed by atoms with Gasteiger partial charge in [-0.3, -0.25) is 0 Å². The molecule has 2 aromatic rings. The summed E-state index contributed by atoms with van der Waals surface area (Å²) < 4.78 is 6.09. The van der Waals surface area contributed by atoms with E-state index in [1.54, 1.807) is 17.6 Å². The minimum atomic E-state index is 0.535. The van der Waals surface area contributed by atoms with Crippen LogP contribution in [0.3, 0.4) is 0 Å². The van der Waals surface area contributed by atoms with Crippen LogP contribution in [-0.2, 0) is 13.0 Å². The molecule has 2 heterocycles. The lowest BCUT2D eigenvalue weighted by Crippen LogP contribution is -2.38. The fourth-order valence-electron chi connectivity index (χ4n) is 1.69. The van der Waals surface area contributed by atoms with Crippen LogP contribution in [0.1, 0.15) is 17.6 Å². The SMILES string of the molecule is CCNC(=NCc1ccco1)NCCc1ccc(Cl)s1. The summed E-state index contributed by atoms with van der Waals surface area (Å²) in [6, 6.07) is 7.77. The van der Waals surface area contributed by atoms with E-state index in [1.807, 2.05) is 25.1 Å². The van der Waals surface area contributed by atoms with E-state index in [9.17, 15) is 0 Å². The first-order chi connectivity index (χ1) is 9.78. The molecule has 0 aliphatic rings. The molecule has 6 heteroatoms. The predicted octanol–water partition coefficient (Wildman–Crippen LogP) is 3.29. The predicted molar refractivity (Wildman–Crippen MR) is 84.6 cm³/mol. The van der Waals surface area contributed by atoms with Crippen LogP contribution in [-0.4, -0.2) is 19.0 Å². The number of hydrogen-bond acceptors (Lipinski definition) is 3. The lowest BCUT2D eigenvalue weighted by atomic mass is 10.3. The molecule has 2 aromatic heterocycles. The van der Waals surface area contributed by atoms with Crippen LogP contribution in [0, 0.1) is 0 Å². The molecule has 0 amide bonds. The number of nitrogens with zero attached hydrogens (tertiary/aromatic N) is 1. The summed E-state index contributed by atoms with van der Waals surface area (Å²) in [7, 11) is 0. The molecule has 0 atom stereocenters. The number of aliphatic imine (C=N–C) groups is 1. The van der Waals surface area contributed by atoms with Crippen molar-refractivity contribution in [2.45, 2.75) is 19.9 Å². The Kier molecular flexibility index (Phi) is 5.95. The van der Waals surface area contributed by atoms with Gasteiger partial charge in [-0.1, -0.05) is 11.6 Å². The van der Waals surface area contributed by atoms with Crippen molar-refractivity contribution in [2.24, 2.45) is 4.99 Å². The molecular weight excluding hydrogens is 294 g/mol. The summed E-state index contributed by atoms with van der Waals surface area (Å²) in [5.74, 6) is 1.65. The summed E-state index contributed by atoms with van der Waals surface area (Å²) in [6.07, 6.45) is 2.59. The zero-order chi connectivity index (χ0) is 14.2. The molecule has 4 nitrogen and oxygen atoms in total. The van der Waals surface area contributed by atoms with E-state index in [0.29, 0.717) is 6.54 Å². The summed E-state index contributed by atoms with van der Waals surface area (Å²) in [6.45, 7) is 4.23. The van der Waals surface area contributed by atoms with Gasteiger partial charge in [0, 0.05) is 18.0 Å². The summed E-state index contributed by atoms with van der Waals surface area (Å²) in [5.41, 5.74) is 0. The summed E-state index contributed by atoms with van der Waals surface area (Å²) in [4.78, 5) is 5.74. The number of rotatable bonds is 6. The molecular formula is C14H18ClN3OS. The highest BCUT2D eigenvalue weighted by atomic mass is 35.5. The van der Waals surface area contributed by atoms with Gasteiger partial charge in [-0.2, -0.15) is 0 Å². The van der Waals surface area contributed by atoms with Crippen LogP contribution in [0.25, 0.3) is 0 Å². The second-order valence-electron chi connectivity index (χ2n) is 4.16. The van der Waals surface area contributed by atoms with E-state index in [2.05, 4.69) is 21.7 Å². The molecule has 0 aliphatic heterocycles. The van der Waals surface area contributed by atoms with Crippen LogP contribution < -0.4 is 10.6 Å². The molecule has 0 unspecified atom stereocenters. The number of guanidine groups is 1. The van der Waals surface area contributed by atoms with E-state index in [1.165, 1.54) is 4.88 Å². The summed E-state index contributed by atoms with van der Waals surface area (Å²) in [5, 5.41) is 6.51. The molecule has 2 N–H and O–H groups in total. The molecule has 2 rings (SSSR count). The highest BCUT2D eigenvalue weighted by Gasteiger charge is 2.01. The molecule has 0 saturated heterocycles. The fraction of sp³-hybridized carbons (Fsp3) is 0.357. The number of hydrogen-bond donors (Lipinski definition) is 2. The fourth-order valence-corrected chi connectivity index (χ4v) is 2.78. The zero-order valence-corrected chi connectivity index (χ0v) is 12.9. The molecule has 108 valence electrons. The number of furan rings is 1. The van der Waals surface area contributed by atoms with Gasteiger partial charge < -0.3 is 15.1 Å². The maximum atomic E-state index is 5.91. The molecule has 0 radical (unpaired) electrons. The van der Waals surface area contributed by atoms with E-state index < -0.39 is 0 Å². The first kappa shape index (κ1) is 14.9. The Labute approximate surface area is 127 Å². The Morgan fingerprint density at radius 1 is 1.35 bits per heavy atom. The Morgan fingerprint density at radius 2 is 2.25 bits per heavy atom. The quantitative estimate of drug-likeness (QED) is 0.636.